The molecule has 0 bridgehead atoms. The Morgan fingerprint density at radius 2 is 2.27 bits per heavy atom. The van der Waals surface area contributed by atoms with Crippen LogP contribution in [0.25, 0.3) is 0 Å². The van der Waals surface area contributed by atoms with E-state index in [1.54, 1.807) is 6.92 Å². The first-order chi connectivity index (χ1) is 5.33. The first kappa shape index (κ1) is 7.73. The van der Waals surface area contributed by atoms with Gasteiger partial charge in [0, 0.05) is 6.42 Å². The maximum atomic E-state index is 3.97. The summed E-state index contributed by atoms with van der Waals surface area (Å²) in [6.07, 6.45) is 0.869. The lowest BCUT2D eigenvalue weighted by atomic mass is 10.5. The van der Waals surface area contributed by atoms with Gasteiger partial charge in [0.1, 0.15) is 6.54 Å². The third-order valence-corrected chi connectivity index (χ3v) is 1.08. The highest BCUT2D eigenvalue weighted by Crippen LogP contribution is 1.80. The van der Waals surface area contributed by atoms with Crippen LogP contribution in [0.15, 0.2) is 0 Å². The van der Waals surface area contributed by atoms with E-state index in [0.717, 1.165) is 6.42 Å². The van der Waals surface area contributed by atoms with Gasteiger partial charge in [-0.25, -0.2) is 0 Å². The summed E-state index contributed by atoms with van der Waals surface area (Å²) in [5.41, 5.74) is 0. The Kier molecular flexibility index (Phi) is 2.61. The summed E-state index contributed by atoms with van der Waals surface area (Å²) < 4.78 is 0. The fourth-order valence-corrected chi connectivity index (χ4v) is 0.642. The summed E-state index contributed by atoms with van der Waals surface area (Å²) in [6, 6.07) is 0. The van der Waals surface area contributed by atoms with Gasteiger partial charge in [-0.1, -0.05) is 12.8 Å². The Morgan fingerprint density at radius 3 is 2.82 bits per heavy atom. The quantitative estimate of drug-likeness (QED) is 0.544. The average Bonchev–Trinajstić information content (AvgIpc) is 2.37. The summed E-state index contributed by atoms with van der Waals surface area (Å²) >= 11 is 0. The molecule has 0 aliphatic rings. The van der Waals surface area contributed by atoms with Crippen molar-refractivity contribution in [2.24, 2.45) is 0 Å². The molecule has 1 aromatic rings. The van der Waals surface area contributed by atoms with Crippen molar-refractivity contribution in [3.05, 3.63) is 5.82 Å². The Hall–Kier alpha value is -1.37. The second-order valence-corrected chi connectivity index (χ2v) is 2.07. The largest absolute Gasteiger partial charge is 0.171 e. The molecular weight excluding hydrogens is 140 g/mol. The van der Waals surface area contributed by atoms with Gasteiger partial charge < -0.3 is 0 Å². The summed E-state index contributed by atoms with van der Waals surface area (Å²) in [5, 5.41) is 11.4. The molecule has 0 saturated heterocycles. The van der Waals surface area contributed by atoms with Crippen LogP contribution in [0.3, 0.4) is 0 Å². The van der Waals surface area contributed by atoms with Gasteiger partial charge in [0.05, 0.1) is 0 Å². The molecule has 0 aromatic carbocycles. The van der Waals surface area contributed by atoms with Crippen molar-refractivity contribution in [3.8, 4) is 11.8 Å². The Bertz CT molecular complexity index is 278. The Balaban J connectivity index is 2.51. The normalized spacial score (nSPS) is 8.91. The zero-order valence-corrected chi connectivity index (χ0v) is 6.70. The minimum absolute atomic E-state index is 0.536. The molecule has 1 aromatic heterocycles. The molecule has 0 unspecified atom stereocenters. The van der Waals surface area contributed by atoms with E-state index in [4.69, 9.17) is 0 Å². The van der Waals surface area contributed by atoms with Gasteiger partial charge in [0.25, 0.3) is 0 Å². The van der Waals surface area contributed by atoms with Gasteiger partial charge in [-0.2, -0.15) is 4.80 Å². The number of aryl methyl sites for hydroxylation is 1. The summed E-state index contributed by atoms with van der Waals surface area (Å²) in [7, 11) is 0. The first-order valence-electron chi connectivity index (χ1n) is 3.53. The fourth-order valence-electron chi connectivity index (χ4n) is 0.642. The molecule has 4 nitrogen and oxygen atoms in total. The van der Waals surface area contributed by atoms with Crippen molar-refractivity contribution >= 4 is 0 Å². The number of tetrazole rings is 1. The molecule has 0 aliphatic heterocycles. The van der Waals surface area contributed by atoms with E-state index in [0.29, 0.717) is 12.4 Å². The van der Waals surface area contributed by atoms with Gasteiger partial charge >= 0.3 is 0 Å². The summed E-state index contributed by atoms with van der Waals surface area (Å²) in [5.74, 6) is 6.52. The van der Waals surface area contributed by atoms with E-state index >= 15 is 0 Å². The predicted octanol–water partition coefficient (Wildman–Crippen LogP) is 0.395. The van der Waals surface area contributed by atoms with Crippen molar-refractivity contribution in [1.29, 1.82) is 0 Å². The molecule has 0 fully saturated rings. The highest BCUT2D eigenvalue weighted by atomic mass is 15.6. The molecule has 1 rings (SSSR count). The highest BCUT2D eigenvalue weighted by molar-refractivity contribution is 4.96. The molecule has 0 saturated carbocycles. The first-order valence-corrected chi connectivity index (χ1v) is 3.53. The third kappa shape index (κ3) is 2.38. The molecule has 0 amide bonds. The predicted molar refractivity (Wildman–Crippen MR) is 40.6 cm³/mol. The lowest BCUT2D eigenvalue weighted by Crippen LogP contribution is -2.00. The maximum Gasteiger partial charge on any atom is 0.171 e. The van der Waals surface area contributed by atoms with Gasteiger partial charge in [0.15, 0.2) is 5.82 Å². The molecule has 0 aliphatic carbocycles. The molecule has 4 heteroatoms. The zero-order valence-electron chi connectivity index (χ0n) is 6.70. The SMILES string of the molecule is CCC#CCn1nnc(C)n1. The van der Waals surface area contributed by atoms with Gasteiger partial charge in [0.2, 0.25) is 0 Å². The second-order valence-electron chi connectivity index (χ2n) is 2.07. The van der Waals surface area contributed by atoms with E-state index in [-0.39, 0.29) is 0 Å². The summed E-state index contributed by atoms with van der Waals surface area (Å²) in [6.45, 7) is 4.35. The molecular formula is C7H10N4. The molecule has 0 N–H and O–H groups in total. The van der Waals surface area contributed by atoms with Crippen LogP contribution < -0.4 is 0 Å². The van der Waals surface area contributed by atoms with E-state index in [1.807, 2.05) is 6.92 Å². The van der Waals surface area contributed by atoms with E-state index in [1.165, 1.54) is 4.80 Å². The van der Waals surface area contributed by atoms with Crippen LogP contribution in [0.1, 0.15) is 19.2 Å². The topological polar surface area (TPSA) is 43.6 Å². The van der Waals surface area contributed by atoms with Crippen LogP contribution >= 0.6 is 0 Å². The molecule has 58 valence electrons. The van der Waals surface area contributed by atoms with Crippen molar-refractivity contribution in [1.82, 2.24) is 20.2 Å². The average molecular weight is 150 g/mol. The van der Waals surface area contributed by atoms with Crippen LogP contribution in [0.5, 0.6) is 0 Å². The van der Waals surface area contributed by atoms with Crippen LogP contribution in [0, 0.1) is 18.8 Å². The maximum absolute atomic E-state index is 3.97. The number of hydrogen-bond acceptors (Lipinski definition) is 3. The molecule has 0 atom stereocenters. The van der Waals surface area contributed by atoms with Gasteiger partial charge in [-0.15, -0.1) is 16.1 Å². The monoisotopic (exact) mass is 150 g/mol. The van der Waals surface area contributed by atoms with E-state index in [2.05, 4.69) is 27.3 Å². The van der Waals surface area contributed by atoms with Crippen LogP contribution in [-0.4, -0.2) is 20.2 Å². The highest BCUT2D eigenvalue weighted by Gasteiger charge is 1.91. The minimum atomic E-state index is 0.536. The fraction of sp³-hybridized carbons (Fsp3) is 0.571. The number of rotatable bonds is 1. The van der Waals surface area contributed by atoms with Gasteiger partial charge in [-0.3, -0.25) is 0 Å². The standard InChI is InChI=1S/C7H10N4/c1-3-4-5-6-11-9-7(2)8-10-11/h3,6H2,1-2H3. The second kappa shape index (κ2) is 3.71. The van der Waals surface area contributed by atoms with Crippen molar-refractivity contribution in [2.75, 3.05) is 0 Å². The minimum Gasteiger partial charge on any atom is -0.152 e. The molecule has 1 heterocycles. The Morgan fingerprint density at radius 1 is 1.45 bits per heavy atom. The summed E-state index contributed by atoms with van der Waals surface area (Å²) in [4.78, 5) is 1.48. The van der Waals surface area contributed by atoms with Gasteiger partial charge in [-0.05, 0) is 12.1 Å². The van der Waals surface area contributed by atoms with Crippen molar-refractivity contribution in [3.63, 3.8) is 0 Å². The van der Waals surface area contributed by atoms with E-state index in [9.17, 15) is 0 Å². The molecule has 0 radical (unpaired) electrons. The third-order valence-electron chi connectivity index (χ3n) is 1.08. The van der Waals surface area contributed by atoms with Crippen LogP contribution in [-0.2, 0) is 6.54 Å². The lowest BCUT2D eigenvalue weighted by Gasteiger charge is -1.85. The van der Waals surface area contributed by atoms with E-state index < -0.39 is 0 Å². The van der Waals surface area contributed by atoms with Crippen LogP contribution in [0.4, 0.5) is 0 Å². The number of aromatic nitrogens is 4. The van der Waals surface area contributed by atoms with Crippen molar-refractivity contribution < 1.29 is 0 Å². The number of nitrogens with zero attached hydrogens (tertiary/aromatic N) is 4. The van der Waals surface area contributed by atoms with Crippen LogP contribution in [0.2, 0.25) is 0 Å². The number of hydrogen-bond donors (Lipinski definition) is 0. The molecule has 0 spiro atoms. The smallest absolute Gasteiger partial charge is 0.152 e. The molecule has 11 heavy (non-hydrogen) atoms. The van der Waals surface area contributed by atoms with Crippen molar-refractivity contribution in [2.45, 2.75) is 26.8 Å². The Labute approximate surface area is 65.6 Å². The zero-order chi connectivity index (χ0) is 8.10. The lowest BCUT2D eigenvalue weighted by molar-refractivity contribution is 0.590.